The summed E-state index contributed by atoms with van der Waals surface area (Å²) in [6.45, 7) is 0.480. The molecule has 1 heterocycles. The van der Waals surface area contributed by atoms with Crippen LogP contribution in [0.5, 0.6) is 0 Å². The third-order valence-corrected chi connectivity index (χ3v) is 5.63. The van der Waals surface area contributed by atoms with E-state index in [0.29, 0.717) is 12.8 Å². The van der Waals surface area contributed by atoms with Crippen LogP contribution < -0.4 is 0 Å². The fourth-order valence-corrected chi connectivity index (χ4v) is 4.13. The number of methoxy groups -OCH3 is 4. The summed E-state index contributed by atoms with van der Waals surface area (Å²) < 4.78 is 19.1. The van der Waals surface area contributed by atoms with E-state index in [1.807, 2.05) is 0 Å². The van der Waals surface area contributed by atoms with Crippen LogP contribution in [0.1, 0.15) is 51.4 Å². The molecule has 0 unspecified atom stereocenters. The fourth-order valence-electron chi connectivity index (χ4n) is 4.13. The third-order valence-electron chi connectivity index (χ3n) is 5.63. The van der Waals surface area contributed by atoms with Crippen molar-refractivity contribution in [2.75, 3.05) is 41.5 Å². The Morgan fingerprint density at radius 1 is 0.517 bits per heavy atom. The Morgan fingerprint density at radius 2 is 0.759 bits per heavy atom. The molecule has 0 radical (unpaired) electrons. The maximum atomic E-state index is 12.7. The number of hydrogen-bond donors (Lipinski definition) is 0. The SMILES string of the molecule is COC(=O)C(C(=O)OC)[N+]1(C(C(=O)OC)C(=O)OC)CCCCCCCCCC1. The van der Waals surface area contributed by atoms with Crippen molar-refractivity contribution in [2.45, 2.75) is 63.5 Å². The Balaban J connectivity index is 3.62. The summed E-state index contributed by atoms with van der Waals surface area (Å²) in [4.78, 5) is 50.9. The van der Waals surface area contributed by atoms with Crippen LogP contribution in [0.3, 0.4) is 0 Å². The van der Waals surface area contributed by atoms with Gasteiger partial charge in [-0.15, -0.1) is 0 Å². The van der Waals surface area contributed by atoms with E-state index in [0.717, 1.165) is 67.0 Å². The fraction of sp³-hybridized carbons (Fsp3) is 0.800. The Bertz CT molecular complexity index is 495. The molecule has 0 saturated carbocycles. The van der Waals surface area contributed by atoms with Crippen molar-refractivity contribution in [1.29, 1.82) is 0 Å². The van der Waals surface area contributed by atoms with Crippen LogP contribution in [0.25, 0.3) is 0 Å². The molecule has 0 N–H and O–H groups in total. The van der Waals surface area contributed by atoms with Crippen LogP contribution in [0.4, 0.5) is 0 Å². The van der Waals surface area contributed by atoms with E-state index in [2.05, 4.69) is 0 Å². The highest BCUT2D eigenvalue weighted by Gasteiger charge is 2.59. The maximum absolute atomic E-state index is 12.7. The van der Waals surface area contributed by atoms with Gasteiger partial charge in [-0.25, -0.2) is 19.2 Å². The first kappa shape index (κ1) is 24.9. The van der Waals surface area contributed by atoms with Gasteiger partial charge in [0, 0.05) is 0 Å². The van der Waals surface area contributed by atoms with Gasteiger partial charge in [0.1, 0.15) is 0 Å². The molecule has 1 saturated heterocycles. The highest BCUT2D eigenvalue weighted by molar-refractivity contribution is 6.01. The summed E-state index contributed by atoms with van der Waals surface area (Å²) in [6, 6.07) is -2.98. The molecule has 1 fully saturated rings. The van der Waals surface area contributed by atoms with Gasteiger partial charge in [-0.1, -0.05) is 25.7 Å². The van der Waals surface area contributed by atoms with Crippen LogP contribution >= 0.6 is 0 Å². The van der Waals surface area contributed by atoms with E-state index < -0.39 is 40.4 Å². The molecular weight excluding hydrogens is 382 g/mol. The first-order valence-corrected chi connectivity index (χ1v) is 10.1. The largest absolute Gasteiger partial charge is 0.464 e. The van der Waals surface area contributed by atoms with Crippen molar-refractivity contribution in [3.05, 3.63) is 0 Å². The normalized spacial score (nSPS) is 17.7. The number of esters is 4. The topological polar surface area (TPSA) is 105 Å². The Kier molecular flexibility index (Phi) is 10.6. The lowest BCUT2D eigenvalue weighted by Gasteiger charge is -2.44. The van der Waals surface area contributed by atoms with Gasteiger partial charge in [-0.3, -0.25) is 4.48 Å². The van der Waals surface area contributed by atoms with Gasteiger partial charge in [-0.2, -0.15) is 0 Å². The van der Waals surface area contributed by atoms with Crippen molar-refractivity contribution in [3.8, 4) is 0 Å². The minimum absolute atomic E-state index is 0.240. The van der Waals surface area contributed by atoms with Gasteiger partial charge in [0.2, 0.25) is 0 Å². The van der Waals surface area contributed by atoms with Crippen LogP contribution in [0.2, 0.25) is 0 Å². The quantitative estimate of drug-likeness (QED) is 0.277. The lowest BCUT2D eigenvalue weighted by atomic mass is 10.0. The predicted molar refractivity (Wildman–Crippen MR) is 103 cm³/mol. The lowest BCUT2D eigenvalue weighted by molar-refractivity contribution is -0.944. The van der Waals surface area contributed by atoms with Gasteiger partial charge in [-0.05, 0) is 25.7 Å². The van der Waals surface area contributed by atoms with Gasteiger partial charge in [0.15, 0.2) is 0 Å². The van der Waals surface area contributed by atoms with Crippen LogP contribution in [0, 0.1) is 0 Å². The van der Waals surface area contributed by atoms with Gasteiger partial charge in [0.25, 0.3) is 12.1 Å². The number of carbonyl (C=O) groups excluding carboxylic acids is 4. The number of nitrogens with zero attached hydrogens (tertiary/aromatic N) is 1. The van der Waals surface area contributed by atoms with Gasteiger partial charge >= 0.3 is 23.9 Å². The first-order chi connectivity index (χ1) is 13.9. The van der Waals surface area contributed by atoms with Crippen LogP contribution in [-0.2, 0) is 38.1 Å². The summed E-state index contributed by atoms with van der Waals surface area (Å²) in [7, 11) is 4.64. The number of rotatable bonds is 6. The second-order valence-electron chi connectivity index (χ2n) is 7.28. The van der Waals surface area contributed by atoms with Crippen LogP contribution in [-0.4, -0.2) is 82.0 Å². The average Bonchev–Trinajstić information content (AvgIpc) is 2.79. The van der Waals surface area contributed by atoms with E-state index in [-0.39, 0.29) is 13.1 Å². The highest BCUT2D eigenvalue weighted by atomic mass is 16.6. The molecule has 9 heteroatoms. The van der Waals surface area contributed by atoms with Crippen LogP contribution in [0.15, 0.2) is 0 Å². The average molecular weight is 416 g/mol. The van der Waals surface area contributed by atoms with Gasteiger partial charge < -0.3 is 18.9 Å². The molecule has 166 valence electrons. The smallest absolute Gasteiger partial charge is 0.376 e. The minimum Gasteiger partial charge on any atom is -0.464 e. The molecule has 0 amide bonds. The van der Waals surface area contributed by atoms with E-state index in [1.54, 1.807) is 0 Å². The molecule has 29 heavy (non-hydrogen) atoms. The van der Waals surface area contributed by atoms with E-state index in [1.165, 1.54) is 0 Å². The zero-order chi connectivity index (χ0) is 21.9. The molecule has 1 rings (SSSR count). The number of hydrogen-bond acceptors (Lipinski definition) is 8. The maximum Gasteiger partial charge on any atom is 0.376 e. The summed E-state index contributed by atoms with van der Waals surface area (Å²) in [5, 5.41) is 0. The standard InChI is InChI=1S/C20H34NO8/c1-26-17(22)15(18(23)27-2)21(16(19(24)28-3)20(25)29-4)13-11-9-7-5-6-8-10-12-14-21/h15-16H,5-14H2,1-4H3/q+1. The number of carbonyl (C=O) groups is 4. The zero-order valence-corrected chi connectivity index (χ0v) is 17.9. The molecule has 0 aromatic rings. The molecule has 1 aliphatic heterocycles. The van der Waals surface area contributed by atoms with Crippen molar-refractivity contribution in [2.24, 2.45) is 0 Å². The van der Waals surface area contributed by atoms with E-state index in [9.17, 15) is 19.2 Å². The van der Waals surface area contributed by atoms with Crippen molar-refractivity contribution < 1.29 is 42.6 Å². The lowest BCUT2D eigenvalue weighted by Crippen LogP contribution is -2.72. The molecule has 1 aliphatic rings. The number of ether oxygens (including phenoxy) is 4. The zero-order valence-electron chi connectivity index (χ0n) is 17.9. The Hall–Kier alpha value is -2.16. The molecule has 0 bridgehead atoms. The third kappa shape index (κ3) is 6.16. The highest BCUT2D eigenvalue weighted by Crippen LogP contribution is 2.28. The second-order valence-corrected chi connectivity index (χ2v) is 7.28. The minimum atomic E-state index is -1.49. The molecule has 0 aliphatic carbocycles. The molecule has 0 atom stereocenters. The summed E-state index contributed by atoms with van der Waals surface area (Å²) in [5.41, 5.74) is 0. The summed E-state index contributed by atoms with van der Waals surface area (Å²) >= 11 is 0. The predicted octanol–water partition coefficient (Wildman–Crippen LogP) is 1.37. The van der Waals surface area contributed by atoms with Crippen molar-refractivity contribution in [3.63, 3.8) is 0 Å². The Morgan fingerprint density at radius 3 is 1.00 bits per heavy atom. The first-order valence-electron chi connectivity index (χ1n) is 10.1. The van der Waals surface area contributed by atoms with Gasteiger partial charge in [0.05, 0.1) is 41.5 Å². The Labute approximate surface area is 172 Å². The summed E-state index contributed by atoms with van der Waals surface area (Å²) in [6.07, 6.45) is 7.16. The van der Waals surface area contributed by atoms with Crippen molar-refractivity contribution >= 4 is 23.9 Å². The molecular formula is C20H34NO8+. The molecule has 0 aromatic heterocycles. The number of quaternary nitrogens is 1. The molecule has 0 aromatic carbocycles. The second kappa shape index (κ2) is 12.4. The summed E-state index contributed by atoms with van der Waals surface area (Å²) in [5.74, 6) is -3.43. The van der Waals surface area contributed by atoms with E-state index in [4.69, 9.17) is 18.9 Å². The van der Waals surface area contributed by atoms with Crippen molar-refractivity contribution in [1.82, 2.24) is 0 Å². The van der Waals surface area contributed by atoms with E-state index >= 15 is 0 Å². The molecule has 0 spiro atoms. The molecule has 9 nitrogen and oxygen atoms in total. The monoisotopic (exact) mass is 416 g/mol.